The molecular weight excluding hydrogens is 301 g/mol. The van der Waals surface area contributed by atoms with Gasteiger partial charge < -0.3 is 10.6 Å². The number of halogens is 3. The van der Waals surface area contributed by atoms with Gasteiger partial charge in [-0.15, -0.1) is 0 Å². The molecule has 0 radical (unpaired) electrons. The van der Waals surface area contributed by atoms with Crippen LogP contribution in [0, 0.1) is 0 Å². The molecule has 1 fully saturated rings. The SMILES string of the molecule is CC(NC1CC(C)(C)NC(C)(C)C1)c1cccc(C(F)(F)F)c1. The molecule has 5 heteroatoms. The predicted octanol–water partition coefficient (Wildman–Crippen LogP) is 4.67. The first-order valence-electron chi connectivity index (χ1n) is 8.11. The maximum atomic E-state index is 12.9. The average molecular weight is 328 g/mol. The average Bonchev–Trinajstić information content (AvgIpc) is 2.33. The summed E-state index contributed by atoms with van der Waals surface area (Å²) in [5, 5.41) is 7.13. The summed E-state index contributed by atoms with van der Waals surface area (Å²) in [4.78, 5) is 0. The van der Waals surface area contributed by atoms with Gasteiger partial charge in [0.1, 0.15) is 0 Å². The van der Waals surface area contributed by atoms with Crippen LogP contribution < -0.4 is 10.6 Å². The molecule has 2 N–H and O–H groups in total. The summed E-state index contributed by atoms with van der Waals surface area (Å²) in [5.41, 5.74) is 0.100. The van der Waals surface area contributed by atoms with Crippen molar-refractivity contribution in [1.29, 1.82) is 0 Å². The van der Waals surface area contributed by atoms with Crippen LogP contribution in [0.4, 0.5) is 13.2 Å². The molecule has 0 aromatic heterocycles. The van der Waals surface area contributed by atoms with Crippen LogP contribution >= 0.6 is 0 Å². The van der Waals surface area contributed by atoms with Crippen molar-refractivity contribution in [2.75, 3.05) is 0 Å². The lowest BCUT2D eigenvalue weighted by Crippen LogP contribution is -2.61. The lowest BCUT2D eigenvalue weighted by Gasteiger charge is -2.47. The van der Waals surface area contributed by atoms with E-state index in [1.807, 2.05) is 6.92 Å². The Morgan fingerprint density at radius 3 is 2.22 bits per heavy atom. The van der Waals surface area contributed by atoms with E-state index in [4.69, 9.17) is 0 Å². The molecule has 1 aromatic rings. The Labute approximate surface area is 136 Å². The first kappa shape index (κ1) is 18.3. The van der Waals surface area contributed by atoms with E-state index in [0.717, 1.165) is 18.9 Å². The third kappa shape index (κ3) is 4.95. The molecule has 1 aromatic carbocycles. The summed E-state index contributed by atoms with van der Waals surface area (Å²) in [7, 11) is 0. The Bertz CT molecular complexity index is 533. The molecule has 0 bridgehead atoms. The molecule has 1 heterocycles. The van der Waals surface area contributed by atoms with E-state index in [2.05, 4.69) is 38.3 Å². The molecule has 0 saturated carbocycles. The van der Waals surface area contributed by atoms with Crippen molar-refractivity contribution >= 4 is 0 Å². The van der Waals surface area contributed by atoms with Crippen LogP contribution in [0.5, 0.6) is 0 Å². The Morgan fingerprint density at radius 2 is 1.70 bits per heavy atom. The van der Waals surface area contributed by atoms with E-state index in [1.165, 1.54) is 12.1 Å². The fourth-order valence-corrected chi connectivity index (χ4v) is 3.87. The van der Waals surface area contributed by atoms with Gasteiger partial charge in [0.25, 0.3) is 0 Å². The van der Waals surface area contributed by atoms with Crippen LogP contribution in [-0.2, 0) is 6.18 Å². The van der Waals surface area contributed by atoms with Crippen LogP contribution in [0.3, 0.4) is 0 Å². The van der Waals surface area contributed by atoms with Crippen molar-refractivity contribution in [2.24, 2.45) is 0 Å². The maximum Gasteiger partial charge on any atom is 0.416 e. The Kier molecular flexibility index (Phi) is 4.84. The van der Waals surface area contributed by atoms with Gasteiger partial charge >= 0.3 is 6.18 Å². The summed E-state index contributed by atoms with van der Waals surface area (Å²) in [6.45, 7) is 10.6. The number of nitrogens with one attached hydrogen (secondary N) is 2. The summed E-state index contributed by atoms with van der Waals surface area (Å²) in [6.07, 6.45) is -2.41. The second-order valence-corrected chi connectivity index (χ2v) is 8.01. The molecule has 130 valence electrons. The first-order chi connectivity index (χ1) is 10.4. The van der Waals surface area contributed by atoms with Crippen molar-refractivity contribution in [3.05, 3.63) is 35.4 Å². The predicted molar refractivity (Wildman–Crippen MR) is 87.3 cm³/mol. The number of hydrogen-bond acceptors (Lipinski definition) is 2. The van der Waals surface area contributed by atoms with Gasteiger partial charge in [-0.1, -0.05) is 12.1 Å². The lowest BCUT2D eigenvalue weighted by atomic mass is 9.79. The number of hydrogen-bond donors (Lipinski definition) is 2. The van der Waals surface area contributed by atoms with Gasteiger partial charge in [-0.25, -0.2) is 0 Å². The van der Waals surface area contributed by atoms with Crippen LogP contribution in [0.2, 0.25) is 0 Å². The Morgan fingerprint density at radius 1 is 1.13 bits per heavy atom. The quantitative estimate of drug-likeness (QED) is 0.843. The number of alkyl halides is 3. The van der Waals surface area contributed by atoms with Gasteiger partial charge in [-0.2, -0.15) is 13.2 Å². The molecule has 1 aliphatic heterocycles. The minimum atomic E-state index is -4.30. The monoisotopic (exact) mass is 328 g/mol. The lowest BCUT2D eigenvalue weighted by molar-refractivity contribution is -0.137. The van der Waals surface area contributed by atoms with Crippen molar-refractivity contribution in [3.8, 4) is 0 Å². The Hall–Kier alpha value is -1.07. The molecule has 1 atom stereocenters. The van der Waals surface area contributed by atoms with Crippen LogP contribution in [0.15, 0.2) is 24.3 Å². The highest BCUT2D eigenvalue weighted by Gasteiger charge is 2.38. The number of benzene rings is 1. The molecule has 1 aliphatic rings. The molecule has 0 spiro atoms. The standard InChI is InChI=1S/C18H27F3N2/c1-12(13-7-6-8-14(9-13)18(19,20)21)22-15-10-16(2,3)23-17(4,5)11-15/h6-9,12,15,22-23H,10-11H2,1-5H3. The van der Waals surface area contributed by atoms with Gasteiger partial charge in [0.15, 0.2) is 0 Å². The highest BCUT2D eigenvalue weighted by atomic mass is 19.4. The molecule has 1 saturated heterocycles. The second kappa shape index (κ2) is 6.10. The number of rotatable bonds is 3. The first-order valence-corrected chi connectivity index (χ1v) is 8.11. The maximum absolute atomic E-state index is 12.9. The highest BCUT2D eigenvalue weighted by molar-refractivity contribution is 5.27. The van der Waals surface area contributed by atoms with Crippen molar-refractivity contribution < 1.29 is 13.2 Å². The van der Waals surface area contributed by atoms with Crippen LogP contribution in [0.1, 0.15) is 64.6 Å². The largest absolute Gasteiger partial charge is 0.416 e. The highest BCUT2D eigenvalue weighted by Crippen LogP contribution is 2.32. The summed E-state index contributed by atoms with van der Waals surface area (Å²) in [5.74, 6) is 0. The molecule has 2 rings (SSSR count). The van der Waals surface area contributed by atoms with Crippen molar-refractivity contribution in [2.45, 2.75) is 76.8 Å². The van der Waals surface area contributed by atoms with E-state index in [1.54, 1.807) is 6.07 Å². The van der Waals surface area contributed by atoms with Gasteiger partial charge in [-0.05, 0) is 65.2 Å². The van der Waals surface area contributed by atoms with E-state index in [9.17, 15) is 13.2 Å². The third-order valence-corrected chi connectivity index (χ3v) is 4.39. The summed E-state index contributed by atoms with van der Waals surface area (Å²) < 4.78 is 38.6. The van der Waals surface area contributed by atoms with Gasteiger partial charge in [0.2, 0.25) is 0 Å². The van der Waals surface area contributed by atoms with Crippen molar-refractivity contribution in [3.63, 3.8) is 0 Å². The van der Waals surface area contributed by atoms with Crippen LogP contribution in [-0.4, -0.2) is 17.1 Å². The smallest absolute Gasteiger partial charge is 0.307 e. The molecule has 2 nitrogen and oxygen atoms in total. The molecule has 0 aliphatic carbocycles. The topological polar surface area (TPSA) is 24.1 Å². The van der Waals surface area contributed by atoms with Gasteiger partial charge in [-0.3, -0.25) is 0 Å². The fourth-order valence-electron chi connectivity index (χ4n) is 3.87. The molecule has 1 unspecified atom stereocenters. The van der Waals surface area contributed by atoms with Crippen molar-refractivity contribution in [1.82, 2.24) is 10.6 Å². The van der Waals surface area contributed by atoms with E-state index in [0.29, 0.717) is 5.56 Å². The molecule has 23 heavy (non-hydrogen) atoms. The summed E-state index contributed by atoms with van der Waals surface area (Å²) in [6, 6.07) is 5.75. The minimum absolute atomic E-state index is 0.00690. The Balaban J connectivity index is 2.11. The van der Waals surface area contributed by atoms with Gasteiger partial charge in [0, 0.05) is 23.2 Å². The molecule has 0 amide bonds. The van der Waals surface area contributed by atoms with Crippen LogP contribution in [0.25, 0.3) is 0 Å². The summed E-state index contributed by atoms with van der Waals surface area (Å²) >= 11 is 0. The number of piperidine rings is 1. The van der Waals surface area contributed by atoms with E-state index in [-0.39, 0.29) is 23.2 Å². The minimum Gasteiger partial charge on any atom is -0.307 e. The van der Waals surface area contributed by atoms with E-state index < -0.39 is 11.7 Å². The zero-order valence-electron chi connectivity index (χ0n) is 14.5. The zero-order valence-corrected chi connectivity index (χ0v) is 14.5. The van der Waals surface area contributed by atoms with Gasteiger partial charge in [0.05, 0.1) is 5.56 Å². The third-order valence-electron chi connectivity index (χ3n) is 4.39. The van der Waals surface area contributed by atoms with E-state index >= 15 is 0 Å². The second-order valence-electron chi connectivity index (χ2n) is 8.01. The normalized spacial score (nSPS) is 22.8. The zero-order chi connectivity index (χ0) is 17.5. The molecular formula is C18H27F3N2. The fraction of sp³-hybridized carbons (Fsp3) is 0.667.